The number of carbonyl (C=O) groups is 1. The highest BCUT2D eigenvalue weighted by Crippen LogP contribution is 2.28. The van der Waals surface area contributed by atoms with Crippen LogP contribution in [0.3, 0.4) is 0 Å². The zero-order valence-corrected chi connectivity index (χ0v) is 11.4. The van der Waals surface area contributed by atoms with Crippen molar-refractivity contribution < 1.29 is 9.90 Å². The lowest BCUT2D eigenvalue weighted by Crippen LogP contribution is -2.00. The maximum atomic E-state index is 12.3. The second kappa shape index (κ2) is 5.63. The van der Waals surface area contributed by atoms with Gasteiger partial charge in [-0.3, -0.25) is 4.79 Å². The molecule has 1 N–H and O–H groups in total. The zero-order valence-electron chi connectivity index (χ0n) is 11.4. The molecule has 0 amide bonds. The Kier molecular flexibility index (Phi) is 3.52. The number of ketones is 1. The van der Waals surface area contributed by atoms with Crippen LogP contribution in [0.25, 0.3) is 11.1 Å². The Bertz CT molecular complexity index is 759. The summed E-state index contributed by atoms with van der Waals surface area (Å²) in [5, 5.41) is 9.85. The largest absolute Gasteiger partial charge is 0.507 e. The molecular weight excluding hydrogens is 260 g/mol. The molecule has 2 nitrogen and oxygen atoms in total. The summed E-state index contributed by atoms with van der Waals surface area (Å²) in [4.78, 5) is 12.3. The fourth-order valence-electron chi connectivity index (χ4n) is 2.28. The van der Waals surface area contributed by atoms with Crippen molar-refractivity contribution in [2.24, 2.45) is 0 Å². The molecule has 0 saturated carbocycles. The molecule has 102 valence electrons. The second-order valence-electron chi connectivity index (χ2n) is 4.79. The molecule has 0 fully saturated rings. The zero-order chi connectivity index (χ0) is 14.7. The topological polar surface area (TPSA) is 37.3 Å². The van der Waals surface area contributed by atoms with E-state index in [0.717, 1.165) is 11.1 Å². The predicted molar refractivity (Wildman–Crippen MR) is 83.4 cm³/mol. The van der Waals surface area contributed by atoms with Crippen LogP contribution in [0, 0.1) is 0 Å². The van der Waals surface area contributed by atoms with Gasteiger partial charge in [0.2, 0.25) is 0 Å². The molecule has 0 aliphatic carbocycles. The van der Waals surface area contributed by atoms with E-state index in [1.54, 1.807) is 36.4 Å². The van der Waals surface area contributed by atoms with Crippen LogP contribution < -0.4 is 0 Å². The molecule has 0 atom stereocenters. The van der Waals surface area contributed by atoms with Gasteiger partial charge in [-0.25, -0.2) is 0 Å². The van der Waals surface area contributed by atoms with Gasteiger partial charge in [-0.2, -0.15) is 0 Å². The minimum Gasteiger partial charge on any atom is -0.507 e. The number of benzene rings is 3. The molecular formula is C19H14O2. The normalized spacial score (nSPS) is 10.3. The highest BCUT2D eigenvalue weighted by molar-refractivity contribution is 6.09. The van der Waals surface area contributed by atoms with Gasteiger partial charge in [0.05, 0.1) is 0 Å². The summed E-state index contributed by atoms with van der Waals surface area (Å²) in [6.45, 7) is 0. The summed E-state index contributed by atoms with van der Waals surface area (Å²) in [6, 6.07) is 23.6. The summed E-state index contributed by atoms with van der Waals surface area (Å²) in [5.41, 5.74) is 2.96. The van der Waals surface area contributed by atoms with Crippen molar-refractivity contribution in [2.75, 3.05) is 0 Å². The van der Waals surface area contributed by atoms with Crippen molar-refractivity contribution in [1.82, 2.24) is 0 Å². The Balaban J connectivity index is 1.92. The number of aromatic hydroxyl groups is 1. The third-order valence-corrected chi connectivity index (χ3v) is 3.40. The summed E-state index contributed by atoms with van der Waals surface area (Å²) < 4.78 is 0. The summed E-state index contributed by atoms with van der Waals surface area (Å²) in [7, 11) is 0. The Hall–Kier alpha value is -2.87. The maximum Gasteiger partial charge on any atom is 0.193 e. The highest BCUT2D eigenvalue weighted by atomic mass is 16.3. The molecule has 0 aliphatic heterocycles. The van der Waals surface area contributed by atoms with Crippen LogP contribution in [0.15, 0.2) is 78.9 Å². The first-order chi connectivity index (χ1) is 10.3. The predicted octanol–water partition coefficient (Wildman–Crippen LogP) is 4.29. The lowest BCUT2D eigenvalue weighted by Gasteiger charge is -2.06. The second-order valence-corrected chi connectivity index (χ2v) is 4.79. The van der Waals surface area contributed by atoms with E-state index < -0.39 is 0 Å². The molecule has 0 aliphatic rings. The van der Waals surface area contributed by atoms with E-state index in [-0.39, 0.29) is 11.5 Å². The van der Waals surface area contributed by atoms with E-state index in [4.69, 9.17) is 0 Å². The van der Waals surface area contributed by atoms with Gasteiger partial charge in [-0.05, 0) is 11.6 Å². The van der Waals surface area contributed by atoms with Crippen molar-refractivity contribution >= 4 is 5.78 Å². The molecule has 0 radical (unpaired) electrons. The van der Waals surface area contributed by atoms with Gasteiger partial charge < -0.3 is 5.11 Å². The smallest absolute Gasteiger partial charge is 0.193 e. The number of phenols is 1. The standard InChI is InChI=1S/C19H14O2/c20-18-9-5-4-8-17(18)14-10-12-16(13-11-14)19(21)15-6-2-1-3-7-15/h1-13,20H. The molecule has 21 heavy (non-hydrogen) atoms. The fourth-order valence-corrected chi connectivity index (χ4v) is 2.28. The van der Waals surface area contributed by atoms with Crippen molar-refractivity contribution in [3.8, 4) is 16.9 Å². The summed E-state index contributed by atoms with van der Waals surface area (Å²) >= 11 is 0. The van der Waals surface area contributed by atoms with Crippen LogP contribution in [0.1, 0.15) is 15.9 Å². The molecule has 3 rings (SSSR count). The third kappa shape index (κ3) is 2.70. The first-order valence-corrected chi connectivity index (χ1v) is 6.74. The van der Waals surface area contributed by atoms with Crippen LogP contribution in [0.5, 0.6) is 5.75 Å². The molecule has 2 heteroatoms. The number of hydrogen-bond donors (Lipinski definition) is 1. The van der Waals surface area contributed by atoms with Crippen LogP contribution in [0.2, 0.25) is 0 Å². The average molecular weight is 274 g/mol. The van der Waals surface area contributed by atoms with Crippen LogP contribution in [-0.4, -0.2) is 10.9 Å². The van der Waals surface area contributed by atoms with E-state index >= 15 is 0 Å². The molecule has 0 unspecified atom stereocenters. The Morgan fingerprint density at radius 3 is 1.90 bits per heavy atom. The molecule has 0 spiro atoms. The van der Waals surface area contributed by atoms with Gasteiger partial charge in [-0.1, -0.05) is 72.8 Å². The monoisotopic (exact) mass is 274 g/mol. The SMILES string of the molecule is O=C(c1ccccc1)c1ccc(-c2ccccc2O)cc1. The minimum atomic E-state index is -0.000524. The quantitative estimate of drug-likeness (QED) is 0.723. The van der Waals surface area contributed by atoms with E-state index in [9.17, 15) is 9.90 Å². The van der Waals surface area contributed by atoms with E-state index in [2.05, 4.69) is 0 Å². The van der Waals surface area contributed by atoms with Gasteiger partial charge in [0.15, 0.2) is 5.78 Å². The number of hydrogen-bond acceptors (Lipinski definition) is 2. The first-order valence-electron chi connectivity index (χ1n) is 6.74. The van der Waals surface area contributed by atoms with E-state index in [1.807, 2.05) is 42.5 Å². The first kappa shape index (κ1) is 13.1. The Morgan fingerprint density at radius 1 is 0.667 bits per heavy atom. The molecule has 0 heterocycles. The number of carbonyl (C=O) groups excluding carboxylic acids is 1. The summed E-state index contributed by atoms with van der Waals surface area (Å²) in [6.07, 6.45) is 0. The molecule has 3 aromatic carbocycles. The molecule has 0 saturated heterocycles. The Morgan fingerprint density at radius 2 is 1.24 bits per heavy atom. The highest BCUT2D eigenvalue weighted by Gasteiger charge is 2.09. The molecule has 3 aromatic rings. The van der Waals surface area contributed by atoms with Crippen molar-refractivity contribution in [1.29, 1.82) is 0 Å². The van der Waals surface area contributed by atoms with Crippen LogP contribution in [-0.2, 0) is 0 Å². The van der Waals surface area contributed by atoms with E-state index in [0.29, 0.717) is 11.1 Å². The van der Waals surface area contributed by atoms with E-state index in [1.165, 1.54) is 0 Å². The Labute approximate surface area is 123 Å². The average Bonchev–Trinajstić information content (AvgIpc) is 2.56. The minimum absolute atomic E-state index is 0.000524. The van der Waals surface area contributed by atoms with Gasteiger partial charge in [0, 0.05) is 16.7 Å². The van der Waals surface area contributed by atoms with Gasteiger partial charge >= 0.3 is 0 Å². The number of phenolic OH excluding ortho intramolecular Hbond substituents is 1. The summed E-state index contributed by atoms with van der Waals surface area (Å²) in [5.74, 6) is 0.235. The number of rotatable bonds is 3. The maximum absolute atomic E-state index is 12.3. The fraction of sp³-hybridized carbons (Fsp3) is 0. The van der Waals surface area contributed by atoms with Gasteiger partial charge in [0.1, 0.15) is 5.75 Å². The van der Waals surface area contributed by atoms with Crippen molar-refractivity contribution in [3.63, 3.8) is 0 Å². The molecule has 0 bridgehead atoms. The lowest BCUT2D eigenvalue weighted by atomic mass is 9.99. The van der Waals surface area contributed by atoms with Crippen molar-refractivity contribution in [2.45, 2.75) is 0 Å². The van der Waals surface area contributed by atoms with Gasteiger partial charge in [0.25, 0.3) is 0 Å². The van der Waals surface area contributed by atoms with Crippen molar-refractivity contribution in [3.05, 3.63) is 90.0 Å². The third-order valence-electron chi connectivity index (χ3n) is 3.40. The van der Waals surface area contributed by atoms with Crippen LogP contribution >= 0.6 is 0 Å². The van der Waals surface area contributed by atoms with Crippen LogP contribution in [0.4, 0.5) is 0 Å². The van der Waals surface area contributed by atoms with Gasteiger partial charge in [-0.15, -0.1) is 0 Å². The molecule has 0 aromatic heterocycles. The lowest BCUT2D eigenvalue weighted by molar-refractivity contribution is 0.103. The number of para-hydroxylation sites is 1.